The molecule has 0 saturated carbocycles. The second-order valence-corrected chi connectivity index (χ2v) is 7.21. The summed E-state index contributed by atoms with van der Waals surface area (Å²) in [4.78, 5) is 28.1. The van der Waals surface area contributed by atoms with E-state index >= 15 is 0 Å². The molecule has 0 aliphatic carbocycles. The third-order valence-corrected chi connectivity index (χ3v) is 5.05. The molecule has 1 aromatic heterocycles. The summed E-state index contributed by atoms with van der Waals surface area (Å²) >= 11 is 0. The van der Waals surface area contributed by atoms with Gasteiger partial charge in [-0.05, 0) is 55.8 Å². The van der Waals surface area contributed by atoms with E-state index in [1.165, 1.54) is 0 Å². The largest absolute Gasteiger partial charge is 0.494 e. The number of benzene rings is 2. The Morgan fingerprint density at radius 1 is 1.13 bits per heavy atom. The van der Waals surface area contributed by atoms with E-state index in [0.717, 1.165) is 17.0 Å². The van der Waals surface area contributed by atoms with Gasteiger partial charge in [0.1, 0.15) is 5.75 Å². The zero-order valence-electron chi connectivity index (χ0n) is 17.0. The van der Waals surface area contributed by atoms with Crippen molar-refractivity contribution in [3.8, 4) is 5.75 Å². The number of amides is 2. The number of hydrogen-bond donors (Lipinski definition) is 1. The van der Waals surface area contributed by atoms with Gasteiger partial charge in [-0.3, -0.25) is 14.5 Å². The summed E-state index contributed by atoms with van der Waals surface area (Å²) in [6.07, 6.45) is 1.83. The standard InChI is InChI=1S/C24H23N3O3/c1-3-30-20-12-10-18(11-13-20)25-24(29)23-21-9-4-5-14-26(21)16-22(28)27(23)19-8-6-7-17(2)15-19/h4-15,23H,3,16H2,1-2H3/p+1/t23-/m1/s1. The van der Waals surface area contributed by atoms with Crippen LogP contribution in [0.4, 0.5) is 11.4 Å². The Kier molecular flexibility index (Phi) is 5.48. The van der Waals surface area contributed by atoms with Gasteiger partial charge in [-0.2, -0.15) is 4.57 Å². The summed E-state index contributed by atoms with van der Waals surface area (Å²) < 4.78 is 7.29. The molecule has 4 rings (SSSR count). The van der Waals surface area contributed by atoms with Crippen molar-refractivity contribution in [2.75, 3.05) is 16.8 Å². The lowest BCUT2D eigenvalue weighted by Gasteiger charge is -2.32. The van der Waals surface area contributed by atoms with Gasteiger partial charge in [0.2, 0.25) is 18.3 Å². The van der Waals surface area contributed by atoms with Crippen LogP contribution in [0.3, 0.4) is 0 Å². The molecule has 2 aromatic carbocycles. The zero-order chi connectivity index (χ0) is 21.1. The number of aryl methyl sites for hydroxylation is 1. The van der Waals surface area contributed by atoms with Crippen LogP contribution in [0.15, 0.2) is 72.9 Å². The maximum absolute atomic E-state index is 13.4. The summed E-state index contributed by atoms with van der Waals surface area (Å²) in [5.41, 5.74) is 3.15. The number of hydrogen-bond acceptors (Lipinski definition) is 3. The molecule has 0 bridgehead atoms. The third kappa shape index (κ3) is 3.89. The van der Waals surface area contributed by atoms with E-state index in [-0.39, 0.29) is 18.4 Å². The Hall–Kier alpha value is -3.67. The maximum Gasteiger partial charge on any atom is 0.294 e. The predicted octanol–water partition coefficient (Wildman–Crippen LogP) is 3.41. The van der Waals surface area contributed by atoms with Crippen LogP contribution in [0.5, 0.6) is 5.75 Å². The van der Waals surface area contributed by atoms with E-state index in [2.05, 4.69) is 5.32 Å². The third-order valence-electron chi connectivity index (χ3n) is 5.05. The lowest BCUT2D eigenvalue weighted by Crippen LogP contribution is -2.58. The Morgan fingerprint density at radius 2 is 1.93 bits per heavy atom. The first-order chi connectivity index (χ1) is 14.6. The monoisotopic (exact) mass is 402 g/mol. The van der Waals surface area contributed by atoms with Gasteiger partial charge in [-0.25, -0.2) is 0 Å². The molecule has 0 saturated heterocycles. The highest BCUT2D eigenvalue weighted by Gasteiger charge is 2.43. The first-order valence-electron chi connectivity index (χ1n) is 9.97. The quantitative estimate of drug-likeness (QED) is 0.666. The highest BCUT2D eigenvalue weighted by atomic mass is 16.5. The molecule has 6 heteroatoms. The van der Waals surface area contributed by atoms with Crippen molar-refractivity contribution >= 4 is 23.2 Å². The normalized spacial score (nSPS) is 15.5. The number of anilines is 2. The van der Waals surface area contributed by atoms with Gasteiger partial charge < -0.3 is 10.1 Å². The molecule has 1 atom stereocenters. The Bertz CT molecular complexity index is 1080. The molecule has 30 heavy (non-hydrogen) atoms. The lowest BCUT2D eigenvalue weighted by molar-refractivity contribution is -0.695. The summed E-state index contributed by atoms with van der Waals surface area (Å²) in [6.45, 7) is 4.66. The van der Waals surface area contributed by atoms with E-state index in [0.29, 0.717) is 18.0 Å². The molecule has 152 valence electrons. The molecule has 3 aromatic rings. The van der Waals surface area contributed by atoms with Gasteiger partial charge in [-0.15, -0.1) is 0 Å². The second kappa shape index (κ2) is 8.37. The maximum atomic E-state index is 13.4. The number of nitrogens with zero attached hydrogens (tertiary/aromatic N) is 2. The summed E-state index contributed by atoms with van der Waals surface area (Å²) in [5, 5.41) is 2.96. The van der Waals surface area contributed by atoms with Crippen molar-refractivity contribution in [2.45, 2.75) is 26.4 Å². The van der Waals surface area contributed by atoms with Crippen molar-refractivity contribution in [2.24, 2.45) is 0 Å². The van der Waals surface area contributed by atoms with E-state index < -0.39 is 6.04 Å². The van der Waals surface area contributed by atoms with Crippen molar-refractivity contribution in [1.29, 1.82) is 0 Å². The number of nitrogens with one attached hydrogen (secondary N) is 1. The molecule has 0 unspecified atom stereocenters. The molecular formula is C24H24N3O3+. The number of aromatic nitrogens is 1. The minimum atomic E-state index is -0.777. The average molecular weight is 402 g/mol. The first-order valence-corrected chi connectivity index (χ1v) is 9.97. The molecular weight excluding hydrogens is 378 g/mol. The number of carbonyl (C=O) groups excluding carboxylic acids is 2. The molecule has 0 radical (unpaired) electrons. The fraction of sp³-hybridized carbons (Fsp3) is 0.208. The van der Waals surface area contributed by atoms with Crippen molar-refractivity contribution in [3.05, 3.63) is 84.2 Å². The predicted molar refractivity (Wildman–Crippen MR) is 114 cm³/mol. The number of carbonyl (C=O) groups is 2. The second-order valence-electron chi connectivity index (χ2n) is 7.21. The summed E-state index contributed by atoms with van der Waals surface area (Å²) in [6, 6.07) is 19.7. The SMILES string of the molecule is CCOc1ccc(NC(=O)[C@H]2c3cccc[n+]3CC(=O)N2c2cccc(C)c2)cc1. The first kappa shape index (κ1) is 19.6. The summed E-state index contributed by atoms with van der Waals surface area (Å²) in [5.74, 6) is 0.343. The molecule has 1 aliphatic heterocycles. The molecule has 0 fully saturated rings. The van der Waals surface area contributed by atoms with Crippen molar-refractivity contribution in [3.63, 3.8) is 0 Å². The fourth-order valence-corrected chi connectivity index (χ4v) is 3.71. The lowest BCUT2D eigenvalue weighted by atomic mass is 10.0. The minimum Gasteiger partial charge on any atom is -0.494 e. The highest BCUT2D eigenvalue weighted by molar-refractivity contribution is 6.05. The Balaban J connectivity index is 1.70. The van der Waals surface area contributed by atoms with E-state index in [4.69, 9.17) is 4.74 Å². The van der Waals surface area contributed by atoms with Crippen molar-refractivity contribution < 1.29 is 18.9 Å². The molecule has 1 N–H and O–H groups in total. The smallest absolute Gasteiger partial charge is 0.294 e. The summed E-state index contributed by atoms with van der Waals surface area (Å²) in [7, 11) is 0. The van der Waals surface area contributed by atoms with Gasteiger partial charge in [0.25, 0.3) is 11.8 Å². The van der Waals surface area contributed by atoms with E-state index in [1.807, 2.05) is 79.2 Å². The number of pyridine rings is 1. The fourth-order valence-electron chi connectivity index (χ4n) is 3.71. The van der Waals surface area contributed by atoms with Crippen LogP contribution >= 0.6 is 0 Å². The van der Waals surface area contributed by atoms with Crippen LogP contribution in [0.25, 0.3) is 0 Å². The number of ether oxygens (including phenoxy) is 1. The van der Waals surface area contributed by atoms with Gasteiger partial charge in [-0.1, -0.05) is 18.2 Å². The molecule has 2 heterocycles. The molecule has 0 spiro atoms. The van der Waals surface area contributed by atoms with Crippen LogP contribution in [-0.2, 0) is 16.1 Å². The van der Waals surface area contributed by atoms with E-state index in [9.17, 15) is 9.59 Å². The van der Waals surface area contributed by atoms with Gasteiger partial charge in [0, 0.05) is 23.5 Å². The van der Waals surface area contributed by atoms with Gasteiger partial charge in [0.15, 0.2) is 6.20 Å². The highest BCUT2D eigenvalue weighted by Crippen LogP contribution is 2.30. The topological polar surface area (TPSA) is 62.5 Å². The van der Waals surface area contributed by atoms with Crippen LogP contribution in [0.1, 0.15) is 24.2 Å². The van der Waals surface area contributed by atoms with Gasteiger partial charge in [0.05, 0.1) is 6.61 Å². The van der Waals surface area contributed by atoms with Gasteiger partial charge >= 0.3 is 0 Å². The number of fused-ring (bicyclic) bond motifs is 1. The molecule has 2 amide bonds. The van der Waals surface area contributed by atoms with Crippen LogP contribution in [-0.4, -0.2) is 18.4 Å². The van der Waals surface area contributed by atoms with Crippen molar-refractivity contribution in [1.82, 2.24) is 0 Å². The Morgan fingerprint density at radius 3 is 2.67 bits per heavy atom. The van der Waals surface area contributed by atoms with Crippen LogP contribution in [0, 0.1) is 6.92 Å². The van der Waals surface area contributed by atoms with E-state index in [1.54, 1.807) is 17.0 Å². The minimum absolute atomic E-state index is 0.129. The Labute approximate surface area is 175 Å². The molecule has 1 aliphatic rings. The van der Waals surface area contributed by atoms with Crippen LogP contribution < -0.4 is 19.5 Å². The van der Waals surface area contributed by atoms with Crippen LogP contribution in [0.2, 0.25) is 0 Å². The number of rotatable bonds is 5. The zero-order valence-corrected chi connectivity index (χ0v) is 17.0. The molecule has 6 nitrogen and oxygen atoms in total. The average Bonchev–Trinajstić information content (AvgIpc) is 2.74.